The van der Waals surface area contributed by atoms with Crippen molar-refractivity contribution in [2.75, 3.05) is 26.9 Å². The largest absolute Gasteiger partial charge is 0.395 e. The number of ether oxygens (including phenoxy) is 1. The molecule has 0 aliphatic rings. The Labute approximate surface area is 111 Å². The second-order valence-corrected chi connectivity index (χ2v) is 5.12. The molecule has 1 aromatic carbocycles. The molecule has 0 saturated heterocycles. The normalized spacial score (nSPS) is 11.8. The van der Waals surface area contributed by atoms with Crippen LogP contribution < -0.4 is 0 Å². The zero-order chi connectivity index (χ0) is 12.7. The highest BCUT2D eigenvalue weighted by Crippen LogP contribution is 2.29. The van der Waals surface area contributed by atoms with Gasteiger partial charge < -0.3 is 14.9 Å². The fourth-order valence-electron chi connectivity index (χ4n) is 1.89. The van der Waals surface area contributed by atoms with Crippen molar-refractivity contribution in [2.24, 2.45) is 0 Å². The van der Waals surface area contributed by atoms with Crippen molar-refractivity contribution in [1.29, 1.82) is 0 Å². The van der Waals surface area contributed by atoms with Crippen molar-refractivity contribution in [3.63, 3.8) is 0 Å². The average Bonchev–Trinajstić information content (AvgIpc) is 2.37. The van der Waals surface area contributed by atoms with Crippen LogP contribution in [0.1, 0.15) is 18.4 Å². The average molecular weight is 303 g/mol. The molecule has 4 heteroatoms. The topological polar surface area (TPSA) is 49.7 Å². The molecule has 0 aliphatic carbocycles. The molecule has 0 heterocycles. The molecule has 96 valence electrons. The highest BCUT2D eigenvalue weighted by Gasteiger charge is 2.30. The third kappa shape index (κ3) is 3.78. The summed E-state index contributed by atoms with van der Waals surface area (Å²) in [7, 11) is 1.65. The van der Waals surface area contributed by atoms with E-state index in [9.17, 15) is 10.2 Å². The van der Waals surface area contributed by atoms with Gasteiger partial charge in [-0.2, -0.15) is 0 Å². The molecule has 0 spiro atoms. The molecule has 0 atom stereocenters. The van der Waals surface area contributed by atoms with Crippen LogP contribution in [0.5, 0.6) is 0 Å². The van der Waals surface area contributed by atoms with Crippen LogP contribution in [0, 0.1) is 0 Å². The van der Waals surface area contributed by atoms with E-state index in [0.29, 0.717) is 13.0 Å². The van der Waals surface area contributed by atoms with Gasteiger partial charge in [0.15, 0.2) is 0 Å². The molecule has 0 fully saturated rings. The smallest absolute Gasteiger partial charge is 0.0550 e. The lowest BCUT2D eigenvalue weighted by molar-refractivity contribution is 0.0969. The van der Waals surface area contributed by atoms with Crippen LogP contribution in [-0.2, 0) is 10.2 Å². The first kappa shape index (κ1) is 14.6. The maximum atomic E-state index is 9.59. The van der Waals surface area contributed by atoms with Crippen LogP contribution in [0.3, 0.4) is 0 Å². The fourth-order valence-corrected chi connectivity index (χ4v) is 2.16. The molecule has 0 radical (unpaired) electrons. The van der Waals surface area contributed by atoms with E-state index in [2.05, 4.69) is 15.9 Å². The predicted octanol–water partition coefficient (Wildman–Crippen LogP) is 2.10. The Kier molecular flexibility index (Phi) is 6.12. The van der Waals surface area contributed by atoms with Crippen LogP contribution in [0.15, 0.2) is 28.7 Å². The van der Waals surface area contributed by atoms with Crippen LogP contribution in [0.25, 0.3) is 0 Å². The van der Waals surface area contributed by atoms with E-state index >= 15 is 0 Å². The van der Waals surface area contributed by atoms with E-state index in [-0.39, 0.29) is 13.2 Å². The van der Waals surface area contributed by atoms with Gasteiger partial charge in [0.25, 0.3) is 0 Å². The van der Waals surface area contributed by atoms with Gasteiger partial charge in [-0.15, -0.1) is 0 Å². The van der Waals surface area contributed by atoms with Gasteiger partial charge >= 0.3 is 0 Å². The number of halogens is 1. The van der Waals surface area contributed by atoms with E-state index in [1.165, 1.54) is 0 Å². The standard InChI is InChI=1S/C13H19BrO3/c1-17-8-2-7-13(9-15,10-16)11-3-5-12(14)6-4-11/h3-6,15-16H,2,7-10H2,1H3. The quantitative estimate of drug-likeness (QED) is 0.758. The summed E-state index contributed by atoms with van der Waals surface area (Å²) in [6.07, 6.45) is 1.52. The summed E-state index contributed by atoms with van der Waals surface area (Å²) in [6, 6.07) is 7.71. The first-order valence-electron chi connectivity index (χ1n) is 5.65. The molecular weight excluding hydrogens is 284 g/mol. The van der Waals surface area contributed by atoms with Crippen molar-refractivity contribution in [2.45, 2.75) is 18.3 Å². The number of rotatable bonds is 7. The zero-order valence-corrected chi connectivity index (χ0v) is 11.6. The summed E-state index contributed by atoms with van der Waals surface area (Å²) < 4.78 is 6.00. The predicted molar refractivity (Wildman–Crippen MR) is 71.1 cm³/mol. The molecule has 0 aliphatic heterocycles. The van der Waals surface area contributed by atoms with Crippen molar-refractivity contribution >= 4 is 15.9 Å². The van der Waals surface area contributed by atoms with Crippen LogP contribution in [0.2, 0.25) is 0 Å². The summed E-state index contributed by atoms with van der Waals surface area (Å²) in [5.74, 6) is 0. The summed E-state index contributed by atoms with van der Waals surface area (Å²) in [5.41, 5.74) is 0.390. The number of aliphatic hydroxyl groups excluding tert-OH is 2. The van der Waals surface area contributed by atoms with E-state index in [1.54, 1.807) is 7.11 Å². The lowest BCUT2D eigenvalue weighted by Gasteiger charge is -2.30. The summed E-state index contributed by atoms with van der Waals surface area (Å²) >= 11 is 3.37. The van der Waals surface area contributed by atoms with Crippen molar-refractivity contribution in [3.8, 4) is 0 Å². The van der Waals surface area contributed by atoms with Crippen LogP contribution in [0.4, 0.5) is 0 Å². The minimum atomic E-state index is -0.570. The van der Waals surface area contributed by atoms with E-state index in [4.69, 9.17) is 4.74 Å². The van der Waals surface area contributed by atoms with E-state index in [1.807, 2.05) is 24.3 Å². The van der Waals surface area contributed by atoms with Gasteiger partial charge in [-0.3, -0.25) is 0 Å². The number of hydrogen-bond donors (Lipinski definition) is 2. The van der Waals surface area contributed by atoms with Gasteiger partial charge in [-0.1, -0.05) is 28.1 Å². The number of aliphatic hydroxyl groups is 2. The highest BCUT2D eigenvalue weighted by atomic mass is 79.9. The molecule has 1 rings (SSSR count). The van der Waals surface area contributed by atoms with Crippen molar-refractivity contribution < 1.29 is 14.9 Å². The third-order valence-electron chi connectivity index (χ3n) is 3.07. The molecular formula is C13H19BrO3. The lowest BCUT2D eigenvalue weighted by atomic mass is 9.78. The maximum absolute atomic E-state index is 9.59. The first-order valence-corrected chi connectivity index (χ1v) is 6.44. The Morgan fingerprint density at radius 2 is 1.76 bits per heavy atom. The molecule has 2 N–H and O–H groups in total. The van der Waals surface area contributed by atoms with E-state index in [0.717, 1.165) is 16.5 Å². The van der Waals surface area contributed by atoms with E-state index < -0.39 is 5.41 Å². The molecule has 1 aromatic rings. The second-order valence-electron chi connectivity index (χ2n) is 4.20. The maximum Gasteiger partial charge on any atom is 0.0550 e. The lowest BCUT2D eigenvalue weighted by Crippen LogP contribution is -2.35. The number of hydrogen-bond acceptors (Lipinski definition) is 3. The monoisotopic (exact) mass is 302 g/mol. The Morgan fingerprint density at radius 1 is 1.18 bits per heavy atom. The first-order chi connectivity index (χ1) is 8.18. The van der Waals surface area contributed by atoms with Gasteiger partial charge in [0, 0.05) is 23.6 Å². The minimum absolute atomic E-state index is 0.0607. The molecule has 0 saturated carbocycles. The van der Waals surface area contributed by atoms with Crippen LogP contribution >= 0.6 is 15.9 Å². The second kappa shape index (κ2) is 7.11. The molecule has 17 heavy (non-hydrogen) atoms. The Balaban J connectivity index is 2.85. The summed E-state index contributed by atoms with van der Waals surface area (Å²) in [6.45, 7) is 0.516. The van der Waals surface area contributed by atoms with Crippen molar-refractivity contribution in [3.05, 3.63) is 34.3 Å². The summed E-state index contributed by atoms with van der Waals surface area (Å²) in [5, 5.41) is 19.2. The number of methoxy groups -OCH3 is 1. The number of benzene rings is 1. The van der Waals surface area contributed by atoms with Crippen LogP contribution in [-0.4, -0.2) is 37.1 Å². The molecule has 0 unspecified atom stereocenters. The van der Waals surface area contributed by atoms with Crippen molar-refractivity contribution in [1.82, 2.24) is 0 Å². The van der Waals surface area contributed by atoms with Gasteiger partial charge in [0.2, 0.25) is 0 Å². The molecule has 3 nitrogen and oxygen atoms in total. The molecule has 0 amide bonds. The van der Waals surface area contributed by atoms with Gasteiger partial charge in [0.05, 0.1) is 13.2 Å². The fraction of sp³-hybridized carbons (Fsp3) is 0.538. The zero-order valence-electron chi connectivity index (χ0n) is 10.0. The summed E-state index contributed by atoms with van der Waals surface area (Å²) in [4.78, 5) is 0. The van der Waals surface area contributed by atoms with Gasteiger partial charge in [-0.05, 0) is 30.5 Å². The van der Waals surface area contributed by atoms with Gasteiger partial charge in [-0.25, -0.2) is 0 Å². The highest BCUT2D eigenvalue weighted by molar-refractivity contribution is 9.10. The Morgan fingerprint density at radius 3 is 2.24 bits per heavy atom. The SMILES string of the molecule is COCCCC(CO)(CO)c1ccc(Br)cc1. The molecule has 0 aromatic heterocycles. The van der Waals surface area contributed by atoms with Gasteiger partial charge in [0.1, 0.15) is 0 Å². The Hall–Kier alpha value is -0.420. The molecule has 0 bridgehead atoms. The minimum Gasteiger partial charge on any atom is -0.395 e. The Bertz CT molecular complexity index is 320. The third-order valence-corrected chi connectivity index (χ3v) is 3.59.